The molecule has 0 spiro atoms. The Hall–Kier alpha value is -2.16. The van der Waals surface area contributed by atoms with Gasteiger partial charge < -0.3 is 10.1 Å². The number of nitrogens with zero attached hydrogens (tertiary/aromatic N) is 1. The number of ether oxygens (including phenoxy) is 1. The van der Waals surface area contributed by atoms with Crippen LogP contribution in [0, 0.1) is 10.1 Å². The van der Waals surface area contributed by atoms with Gasteiger partial charge in [0.1, 0.15) is 5.75 Å². The summed E-state index contributed by atoms with van der Waals surface area (Å²) in [5, 5.41) is 13.3. The minimum absolute atomic E-state index is 0. The van der Waals surface area contributed by atoms with Gasteiger partial charge >= 0.3 is 0 Å². The summed E-state index contributed by atoms with van der Waals surface area (Å²) in [5.74, 6) is -0.0683. The number of carbonyl (C=O) groups is 1. The molecule has 0 aliphatic carbocycles. The van der Waals surface area contributed by atoms with Crippen molar-refractivity contribution in [1.29, 1.82) is 0 Å². The van der Waals surface area contributed by atoms with Crippen molar-refractivity contribution < 1.29 is 14.5 Å². The van der Waals surface area contributed by atoms with Gasteiger partial charge in [0, 0.05) is 11.6 Å². The molecule has 0 saturated heterocycles. The molecule has 0 saturated carbocycles. The number of carbonyl (C=O) groups excluding carboxylic acids is 1. The number of hydrogen-bond donors (Lipinski definition) is 1. The molecule has 0 fully saturated rings. The van der Waals surface area contributed by atoms with E-state index >= 15 is 0 Å². The van der Waals surface area contributed by atoms with Crippen LogP contribution in [0.15, 0.2) is 48.5 Å². The maximum atomic E-state index is 12.0. The van der Waals surface area contributed by atoms with Crippen molar-refractivity contribution in [3.05, 3.63) is 64.2 Å². The topological polar surface area (TPSA) is 81.5 Å². The fraction of sp³-hybridized carbons (Fsp3) is 0.0714. The molecule has 0 aliphatic heterocycles. The lowest BCUT2D eigenvalue weighted by Gasteiger charge is -2.09. The number of halogens is 1. The molecule has 0 aromatic heterocycles. The second kappa shape index (κ2) is 7.58. The van der Waals surface area contributed by atoms with Crippen LogP contribution in [0.5, 0.6) is 5.75 Å². The van der Waals surface area contributed by atoms with Crippen molar-refractivity contribution in [1.82, 2.24) is 0 Å². The Morgan fingerprint density at radius 2 is 1.86 bits per heavy atom. The first-order valence-corrected chi connectivity index (χ1v) is 5.80. The average Bonchev–Trinajstić information content (AvgIpc) is 2.48. The van der Waals surface area contributed by atoms with Gasteiger partial charge in [0.05, 0.1) is 23.8 Å². The number of anilines is 1. The molecule has 7 heteroatoms. The summed E-state index contributed by atoms with van der Waals surface area (Å²) in [5.41, 5.74) is 0.777. The van der Waals surface area contributed by atoms with Crippen LogP contribution in [0.25, 0.3) is 0 Å². The fourth-order valence-electron chi connectivity index (χ4n) is 1.68. The predicted molar refractivity (Wildman–Crippen MR) is 89.5 cm³/mol. The molecule has 2 aromatic rings. The number of benzene rings is 2. The van der Waals surface area contributed by atoms with Gasteiger partial charge in [0.2, 0.25) is 0 Å². The Labute approximate surface area is 138 Å². The molecule has 110 valence electrons. The van der Waals surface area contributed by atoms with E-state index in [4.69, 9.17) is 4.74 Å². The molecule has 21 heavy (non-hydrogen) atoms. The monoisotopic (exact) mass is 400 g/mol. The van der Waals surface area contributed by atoms with E-state index in [9.17, 15) is 14.9 Å². The summed E-state index contributed by atoms with van der Waals surface area (Å²) >= 11 is 0. The maximum absolute atomic E-state index is 12.0. The van der Waals surface area contributed by atoms with Gasteiger partial charge in [-0.05, 0) is 18.2 Å². The van der Waals surface area contributed by atoms with Gasteiger partial charge in [-0.3, -0.25) is 14.9 Å². The maximum Gasteiger partial charge on any atom is 0.273 e. The Morgan fingerprint density at radius 3 is 2.43 bits per heavy atom. The highest BCUT2D eigenvalue weighted by Crippen LogP contribution is 2.29. The first-order chi connectivity index (χ1) is 9.61. The highest BCUT2D eigenvalue weighted by molar-refractivity contribution is 14.0. The van der Waals surface area contributed by atoms with Crippen molar-refractivity contribution in [2.75, 3.05) is 12.4 Å². The predicted octanol–water partition coefficient (Wildman–Crippen LogP) is 3.47. The molecular formula is C14H13IN2O4. The van der Waals surface area contributed by atoms with Crippen LogP contribution in [-0.2, 0) is 0 Å². The normalized spacial score (nSPS) is 9.38. The second-order valence-corrected chi connectivity index (χ2v) is 3.96. The zero-order valence-corrected chi connectivity index (χ0v) is 13.4. The van der Waals surface area contributed by atoms with Crippen molar-refractivity contribution in [3.8, 4) is 5.75 Å². The Morgan fingerprint density at radius 1 is 1.19 bits per heavy atom. The molecule has 0 atom stereocenters. The zero-order valence-electron chi connectivity index (χ0n) is 11.1. The molecule has 0 unspecified atom stereocenters. The lowest BCUT2D eigenvalue weighted by Crippen LogP contribution is -2.12. The minimum Gasteiger partial charge on any atom is -0.494 e. The van der Waals surface area contributed by atoms with Crippen LogP contribution in [-0.4, -0.2) is 17.9 Å². The number of nitro benzene ring substituents is 1. The highest BCUT2D eigenvalue weighted by atomic mass is 127. The summed E-state index contributed by atoms with van der Waals surface area (Å²) in [7, 11) is 1.39. The number of nitrogens with one attached hydrogen (secondary N) is 1. The van der Waals surface area contributed by atoms with Gasteiger partial charge in [-0.15, -0.1) is 24.0 Å². The van der Waals surface area contributed by atoms with Crippen LogP contribution in [0.4, 0.5) is 11.4 Å². The molecule has 2 rings (SSSR count). The third-order valence-corrected chi connectivity index (χ3v) is 2.68. The van der Waals surface area contributed by atoms with Crippen molar-refractivity contribution >= 4 is 41.3 Å². The second-order valence-electron chi connectivity index (χ2n) is 3.96. The van der Waals surface area contributed by atoms with Gasteiger partial charge in [-0.25, -0.2) is 0 Å². The van der Waals surface area contributed by atoms with Crippen molar-refractivity contribution in [2.24, 2.45) is 0 Å². The molecule has 0 aliphatic rings. The largest absolute Gasteiger partial charge is 0.494 e. The molecular weight excluding hydrogens is 387 g/mol. The molecule has 6 nitrogen and oxygen atoms in total. The van der Waals surface area contributed by atoms with Gasteiger partial charge in [0.25, 0.3) is 11.6 Å². The summed E-state index contributed by atoms with van der Waals surface area (Å²) in [6, 6.07) is 12.7. The molecule has 0 bridgehead atoms. The first-order valence-electron chi connectivity index (χ1n) is 5.80. The van der Waals surface area contributed by atoms with Crippen molar-refractivity contribution in [3.63, 3.8) is 0 Å². The number of nitro groups is 1. The molecule has 2 aromatic carbocycles. The van der Waals surface area contributed by atoms with E-state index in [0.29, 0.717) is 11.3 Å². The number of non-ortho nitro benzene ring substituents is 1. The number of rotatable bonds is 4. The molecule has 1 N–H and O–H groups in total. The van der Waals surface area contributed by atoms with E-state index in [2.05, 4.69) is 5.32 Å². The molecule has 0 heterocycles. The number of hydrogen-bond acceptors (Lipinski definition) is 4. The Balaban J connectivity index is 0.00000220. The zero-order chi connectivity index (χ0) is 14.5. The Bertz CT molecular complexity index is 647. The summed E-state index contributed by atoms with van der Waals surface area (Å²) in [4.78, 5) is 22.2. The van der Waals surface area contributed by atoms with Crippen LogP contribution >= 0.6 is 24.0 Å². The van der Waals surface area contributed by atoms with E-state index < -0.39 is 4.92 Å². The third-order valence-electron chi connectivity index (χ3n) is 2.68. The fourth-order valence-corrected chi connectivity index (χ4v) is 1.68. The molecule has 1 amide bonds. The van der Waals surface area contributed by atoms with Crippen LogP contribution in [0.1, 0.15) is 10.4 Å². The van der Waals surface area contributed by atoms with E-state index in [0.717, 1.165) is 0 Å². The summed E-state index contributed by atoms with van der Waals surface area (Å²) < 4.78 is 5.05. The van der Waals surface area contributed by atoms with Gasteiger partial charge in [-0.2, -0.15) is 0 Å². The Kier molecular flexibility index (Phi) is 6.10. The quantitative estimate of drug-likeness (QED) is 0.484. The molecule has 0 radical (unpaired) electrons. The number of methoxy groups -OCH3 is 1. The van der Waals surface area contributed by atoms with E-state index in [1.54, 1.807) is 24.3 Å². The third kappa shape index (κ3) is 4.15. The highest BCUT2D eigenvalue weighted by Gasteiger charge is 2.13. The smallest absolute Gasteiger partial charge is 0.273 e. The van der Waals surface area contributed by atoms with Gasteiger partial charge in [-0.1, -0.05) is 18.2 Å². The van der Waals surface area contributed by atoms with E-state index in [1.165, 1.54) is 25.3 Å². The van der Waals surface area contributed by atoms with Crippen LogP contribution in [0.3, 0.4) is 0 Å². The average molecular weight is 400 g/mol. The first kappa shape index (κ1) is 16.9. The lowest BCUT2D eigenvalue weighted by molar-refractivity contribution is -0.384. The lowest BCUT2D eigenvalue weighted by atomic mass is 10.2. The summed E-state index contributed by atoms with van der Waals surface area (Å²) in [6.45, 7) is 0. The van der Waals surface area contributed by atoms with E-state index in [-0.39, 0.29) is 41.3 Å². The van der Waals surface area contributed by atoms with Crippen LogP contribution in [0.2, 0.25) is 0 Å². The van der Waals surface area contributed by atoms with Crippen LogP contribution < -0.4 is 10.1 Å². The number of amides is 1. The summed E-state index contributed by atoms with van der Waals surface area (Å²) in [6.07, 6.45) is 0. The van der Waals surface area contributed by atoms with E-state index in [1.807, 2.05) is 6.07 Å². The van der Waals surface area contributed by atoms with Gasteiger partial charge in [0.15, 0.2) is 0 Å². The van der Waals surface area contributed by atoms with Crippen molar-refractivity contribution in [2.45, 2.75) is 0 Å². The minimum atomic E-state index is -0.523. The standard InChI is InChI=1S/C14H12N2O4.HI/c1-20-13-9-11(16(18)19)7-8-12(13)15-14(17)10-5-3-2-4-6-10;/h2-9H,1H3,(H,15,17);1H. The SMILES string of the molecule is COc1cc([N+](=O)[O-])ccc1NC(=O)c1ccccc1.I.